The zero-order valence-electron chi connectivity index (χ0n) is 6.84. The minimum absolute atomic E-state index is 0. The molecule has 0 unspecified atom stereocenters. The van der Waals surface area contributed by atoms with Crippen LogP contribution >= 0.6 is 28.3 Å². The van der Waals surface area contributed by atoms with Gasteiger partial charge in [-0.2, -0.15) is 8.78 Å². The molecule has 3 nitrogen and oxygen atoms in total. The summed E-state index contributed by atoms with van der Waals surface area (Å²) in [4.78, 5) is 0. The molecular weight excluding hydrogens is 281 g/mol. The number of ether oxygens (including phenoxy) is 1. The Bertz CT molecular complexity index is 301. The highest BCUT2D eigenvalue weighted by Crippen LogP contribution is 2.32. The van der Waals surface area contributed by atoms with Crippen molar-refractivity contribution in [2.45, 2.75) is 6.61 Å². The van der Waals surface area contributed by atoms with Gasteiger partial charge in [0, 0.05) is 4.47 Å². The minimum Gasteiger partial charge on any atom is -0.433 e. The third-order valence-electron chi connectivity index (χ3n) is 1.34. The van der Waals surface area contributed by atoms with Gasteiger partial charge < -0.3 is 10.2 Å². The third kappa shape index (κ3) is 3.28. The molecule has 3 N–H and O–H groups in total. The Kier molecular flexibility index (Phi) is 5.75. The Balaban J connectivity index is 0.00000169. The van der Waals surface area contributed by atoms with E-state index in [0.717, 1.165) is 0 Å². The minimum atomic E-state index is -2.86. The standard InChI is InChI=1S/C7H7BrF2N2O.ClH/c8-4-2-1-3-5(6(4)12-11)13-7(9)10;/h1-3,7,12H,11H2;1H. The largest absolute Gasteiger partial charge is 0.433 e. The molecule has 80 valence electrons. The molecule has 0 spiro atoms. The summed E-state index contributed by atoms with van der Waals surface area (Å²) < 4.78 is 28.5. The van der Waals surface area contributed by atoms with E-state index in [2.05, 4.69) is 26.1 Å². The lowest BCUT2D eigenvalue weighted by Crippen LogP contribution is -2.11. The summed E-state index contributed by atoms with van der Waals surface area (Å²) in [5, 5.41) is 0. The Morgan fingerprint density at radius 2 is 2.07 bits per heavy atom. The van der Waals surface area contributed by atoms with Crippen LogP contribution in [0.25, 0.3) is 0 Å². The Labute approximate surface area is 94.1 Å². The molecule has 1 aromatic rings. The van der Waals surface area contributed by atoms with Crippen LogP contribution in [0.4, 0.5) is 14.5 Å². The second kappa shape index (κ2) is 6.00. The average Bonchev–Trinajstić information content (AvgIpc) is 2.03. The lowest BCUT2D eigenvalue weighted by atomic mass is 10.3. The van der Waals surface area contributed by atoms with E-state index in [9.17, 15) is 8.78 Å². The van der Waals surface area contributed by atoms with Crippen LogP contribution < -0.4 is 16.0 Å². The summed E-state index contributed by atoms with van der Waals surface area (Å²) >= 11 is 3.13. The zero-order chi connectivity index (χ0) is 9.84. The van der Waals surface area contributed by atoms with Gasteiger partial charge in [-0.05, 0) is 28.1 Å². The number of hydrogen-bond donors (Lipinski definition) is 2. The first-order valence-electron chi connectivity index (χ1n) is 3.35. The van der Waals surface area contributed by atoms with Gasteiger partial charge in [0.2, 0.25) is 0 Å². The maximum Gasteiger partial charge on any atom is 0.387 e. The number of hydrazine groups is 1. The second-order valence-corrected chi connectivity index (χ2v) is 2.99. The van der Waals surface area contributed by atoms with Crippen molar-refractivity contribution in [3.8, 4) is 5.75 Å². The van der Waals surface area contributed by atoms with Crippen molar-refractivity contribution in [2.24, 2.45) is 5.84 Å². The predicted octanol–water partition coefficient (Wildman–Crippen LogP) is 2.76. The first-order chi connectivity index (χ1) is 6.15. The van der Waals surface area contributed by atoms with Gasteiger partial charge in [-0.1, -0.05) is 6.07 Å². The average molecular weight is 290 g/mol. The summed E-state index contributed by atoms with van der Waals surface area (Å²) in [6, 6.07) is 4.63. The molecule has 1 rings (SSSR count). The molecule has 0 aliphatic carbocycles. The molecule has 0 bridgehead atoms. The number of nitrogen functional groups attached to an aromatic ring is 1. The number of benzene rings is 1. The van der Waals surface area contributed by atoms with E-state index in [1.54, 1.807) is 12.1 Å². The number of para-hydroxylation sites is 1. The quantitative estimate of drug-likeness (QED) is 0.664. The van der Waals surface area contributed by atoms with Crippen LogP contribution in [-0.4, -0.2) is 6.61 Å². The highest BCUT2D eigenvalue weighted by molar-refractivity contribution is 9.10. The van der Waals surface area contributed by atoms with Crippen molar-refractivity contribution in [3.63, 3.8) is 0 Å². The summed E-state index contributed by atoms with van der Waals surface area (Å²) in [5.74, 6) is 5.13. The predicted molar refractivity (Wildman–Crippen MR) is 55.8 cm³/mol. The Morgan fingerprint density at radius 3 is 2.57 bits per heavy atom. The van der Waals surface area contributed by atoms with Crippen LogP contribution in [0.3, 0.4) is 0 Å². The van der Waals surface area contributed by atoms with Crippen LogP contribution in [0, 0.1) is 0 Å². The molecule has 0 aromatic heterocycles. The van der Waals surface area contributed by atoms with Crippen molar-refractivity contribution >= 4 is 34.0 Å². The fraction of sp³-hybridized carbons (Fsp3) is 0.143. The molecule has 0 amide bonds. The summed E-state index contributed by atoms with van der Waals surface area (Å²) in [6.45, 7) is -2.86. The SMILES string of the molecule is Cl.NNc1c(Br)cccc1OC(F)F. The van der Waals surface area contributed by atoms with E-state index in [1.165, 1.54) is 6.07 Å². The lowest BCUT2D eigenvalue weighted by molar-refractivity contribution is -0.0493. The second-order valence-electron chi connectivity index (χ2n) is 2.14. The molecular formula is C7H8BrClF2N2O. The topological polar surface area (TPSA) is 47.3 Å². The number of halogens is 4. The van der Waals surface area contributed by atoms with Gasteiger partial charge in [0.1, 0.15) is 5.69 Å². The van der Waals surface area contributed by atoms with Gasteiger partial charge in [-0.3, -0.25) is 5.84 Å². The summed E-state index contributed by atoms with van der Waals surface area (Å²) in [5.41, 5.74) is 2.56. The van der Waals surface area contributed by atoms with Gasteiger partial charge in [-0.25, -0.2) is 0 Å². The van der Waals surface area contributed by atoms with Crippen LogP contribution in [0.5, 0.6) is 5.75 Å². The molecule has 0 aliphatic heterocycles. The van der Waals surface area contributed by atoms with Crippen LogP contribution in [0.15, 0.2) is 22.7 Å². The molecule has 7 heteroatoms. The van der Waals surface area contributed by atoms with E-state index in [-0.39, 0.29) is 18.2 Å². The molecule has 0 fully saturated rings. The van der Waals surface area contributed by atoms with E-state index < -0.39 is 6.61 Å². The first-order valence-corrected chi connectivity index (χ1v) is 4.14. The molecule has 0 radical (unpaired) electrons. The zero-order valence-corrected chi connectivity index (χ0v) is 9.24. The number of anilines is 1. The smallest absolute Gasteiger partial charge is 0.387 e. The van der Waals surface area contributed by atoms with Gasteiger partial charge in [-0.15, -0.1) is 12.4 Å². The molecule has 14 heavy (non-hydrogen) atoms. The van der Waals surface area contributed by atoms with E-state index >= 15 is 0 Å². The molecule has 0 atom stereocenters. The maximum atomic E-state index is 11.9. The van der Waals surface area contributed by atoms with Crippen LogP contribution in [0.1, 0.15) is 0 Å². The highest BCUT2D eigenvalue weighted by atomic mass is 79.9. The van der Waals surface area contributed by atoms with Gasteiger partial charge in [0.15, 0.2) is 5.75 Å². The fourth-order valence-electron chi connectivity index (χ4n) is 0.839. The van der Waals surface area contributed by atoms with Crippen molar-refractivity contribution in [3.05, 3.63) is 22.7 Å². The number of nitrogens with one attached hydrogen (secondary N) is 1. The van der Waals surface area contributed by atoms with Gasteiger partial charge in [0.25, 0.3) is 0 Å². The number of rotatable bonds is 3. The number of hydrogen-bond acceptors (Lipinski definition) is 3. The first kappa shape index (κ1) is 13.4. The summed E-state index contributed by atoms with van der Waals surface area (Å²) in [6.07, 6.45) is 0. The van der Waals surface area contributed by atoms with Crippen molar-refractivity contribution in [1.82, 2.24) is 0 Å². The Morgan fingerprint density at radius 1 is 1.43 bits per heavy atom. The van der Waals surface area contributed by atoms with E-state index in [0.29, 0.717) is 10.2 Å². The number of alkyl halides is 2. The van der Waals surface area contributed by atoms with Gasteiger partial charge in [0.05, 0.1) is 0 Å². The van der Waals surface area contributed by atoms with Crippen LogP contribution in [-0.2, 0) is 0 Å². The van der Waals surface area contributed by atoms with Crippen molar-refractivity contribution < 1.29 is 13.5 Å². The molecule has 0 saturated heterocycles. The molecule has 0 saturated carbocycles. The third-order valence-corrected chi connectivity index (χ3v) is 2.00. The van der Waals surface area contributed by atoms with Crippen molar-refractivity contribution in [2.75, 3.05) is 5.43 Å². The van der Waals surface area contributed by atoms with Crippen LogP contribution in [0.2, 0.25) is 0 Å². The van der Waals surface area contributed by atoms with E-state index in [4.69, 9.17) is 5.84 Å². The number of nitrogens with two attached hydrogens (primary N) is 1. The maximum absolute atomic E-state index is 11.9. The van der Waals surface area contributed by atoms with Crippen molar-refractivity contribution in [1.29, 1.82) is 0 Å². The summed E-state index contributed by atoms with van der Waals surface area (Å²) in [7, 11) is 0. The Hall–Kier alpha value is -0.590. The van der Waals surface area contributed by atoms with E-state index in [1.807, 2.05) is 0 Å². The lowest BCUT2D eigenvalue weighted by Gasteiger charge is -2.10. The normalized spacial score (nSPS) is 9.50. The fourth-order valence-corrected chi connectivity index (χ4v) is 1.30. The highest BCUT2D eigenvalue weighted by Gasteiger charge is 2.10. The van der Waals surface area contributed by atoms with Gasteiger partial charge >= 0.3 is 6.61 Å². The monoisotopic (exact) mass is 288 g/mol. The molecule has 0 heterocycles. The molecule has 1 aromatic carbocycles. The molecule has 0 aliphatic rings.